The van der Waals surface area contributed by atoms with E-state index in [1.165, 1.54) is 35.2 Å². The van der Waals surface area contributed by atoms with E-state index in [4.69, 9.17) is 4.74 Å². The van der Waals surface area contributed by atoms with Gasteiger partial charge in [-0.15, -0.1) is 11.3 Å². The Morgan fingerprint density at radius 1 is 1.35 bits per heavy atom. The van der Waals surface area contributed by atoms with Crippen LogP contribution in [0.2, 0.25) is 0 Å². The maximum absolute atomic E-state index is 5.87. The van der Waals surface area contributed by atoms with Crippen molar-refractivity contribution in [1.29, 1.82) is 0 Å². The molecule has 1 aliphatic carbocycles. The Labute approximate surface area is 141 Å². The van der Waals surface area contributed by atoms with Gasteiger partial charge in [-0.3, -0.25) is 9.88 Å². The van der Waals surface area contributed by atoms with Crippen molar-refractivity contribution in [2.45, 2.75) is 45.9 Å². The van der Waals surface area contributed by atoms with Gasteiger partial charge in [-0.25, -0.2) is 4.98 Å². The van der Waals surface area contributed by atoms with Gasteiger partial charge >= 0.3 is 0 Å². The number of ether oxygens (including phenoxy) is 1. The zero-order valence-electron chi connectivity index (χ0n) is 13.6. The maximum atomic E-state index is 5.87. The van der Waals surface area contributed by atoms with E-state index in [0.717, 1.165) is 50.2 Å². The third-order valence-corrected chi connectivity index (χ3v) is 5.49. The Bertz CT molecular complexity index is 681. The van der Waals surface area contributed by atoms with Crippen LogP contribution in [0, 0.1) is 12.8 Å². The summed E-state index contributed by atoms with van der Waals surface area (Å²) in [6, 6.07) is 0. The van der Waals surface area contributed by atoms with Gasteiger partial charge in [0.25, 0.3) is 0 Å². The number of aryl methyl sites for hydroxylation is 1. The van der Waals surface area contributed by atoms with E-state index in [1.54, 1.807) is 11.3 Å². The highest BCUT2D eigenvalue weighted by Gasteiger charge is 2.23. The van der Waals surface area contributed by atoms with Crippen LogP contribution in [-0.2, 0) is 30.9 Å². The van der Waals surface area contributed by atoms with Gasteiger partial charge in [0, 0.05) is 44.0 Å². The first kappa shape index (κ1) is 15.2. The molecule has 0 amide bonds. The van der Waals surface area contributed by atoms with Crippen molar-refractivity contribution < 1.29 is 4.74 Å². The maximum Gasteiger partial charge on any atom is 0.0897 e. The standard InChI is InChI=1S/C18H23N3OS/c1-13-20-17(12-23-13)9-21-5-4-18-15(8-21)6-19-7-16(18)11-22-10-14-2-3-14/h6-7,12,14H,2-5,8-11H2,1H3. The van der Waals surface area contributed by atoms with Crippen LogP contribution in [0.25, 0.3) is 0 Å². The van der Waals surface area contributed by atoms with Crippen molar-refractivity contribution in [2.24, 2.45) is 5.92 Å². The van der Waals surface area contributed by atoms with Gasteiger partial charge in [0.15, 0.2) is 0 Å². The fraction of sp³-hybridized carbons (Fsp3) is 0.556. The predicted octanol–water partition coefficient (Wildman–Crippen LogP) is 3.33. The van der Waals surface area contributed by atoms with Crippen molar-refractivity contribution in [2.75, 3.05) is 13.2 Å². The lowest BCUT2D eigenvalue weighted by atomic mass is 9.97. The fourth-order valence-electron chi connectivity index (χ4n) is 3.22. The van der Waals surface area contributed by atoms with E-state index in [9.17, 15) is 0 Å². The molecule has 4 nitrogen and oxygen atoms in total. The van der Waals surface area contributed by atoms with Crippen LogP contribution in [0.3, 0.4) is 0 Å². The van der Waals surface area contributed by atoms with E-state index in [1.807, 2.05) is 12.4 Å². The van der Waals surface area contributed by atoms with Crippen LogP contribution in [0.15, 0.2) is 17.8 Å². The molecule has 0 atom stereocenters. The first-order valence-electron chi connectivity index (χ1n) is 8.43. The van der Waals surface area contributed by atoms with Gasteiger partial charge in [0.1, 0.15) is 0 Å². The van der Waals surface area contributed by atoms with E-state index in [-0.39, 0.29) is 0 Å². The van der Waals surface area contributed by atoms with Gasteiger partial charge in [0.05, 0.1) is 17.3 Å². The molecule has 2 aliphatic rings. The van der Waals surface area contributed by atoms with E-state index >= 15 is 0 Å². The lowest BCUT2D eigenvalue weighted by molar-refractivity contribution is 0.110. The summed E-state index contributed by atoms with van der Waals surface area (Å²) in [6.07, 6.45) is 7.79. The summed E-state index contributed by atoms with van der Waals surface area (Å²) < 4.78 is 5.87. The molecule has 1 saturated carbocycles. The minimum atomic E-state index is 0.720. The van der Waals surface area contributed by atoms with Crippen LogP contribution in [-0.4, -0.2) is 28.0 Å². The minimum absolute atomic E-state index is 0.720. The minimum Gasteiger partial charge on any atom is -0.376 e. The zero-order valence-corrected chi connectivity index (χ0v) is 14.4. The Morgan fingerprint density at radius 2 is 2.26 bits per heavy atom. The second-order valence-corrected chi connectivity index (χ2v) is 7.78. The van der Waals surface area contributed by atoms with Crippen molar-refractivity contribution in [3.05, 3.63) is 45.2 Å². The zero-order chi connectivity index (χ0) is 15.6. The van der Waals surface area contributed by atoms with Gasteiger partial charge in [0.2, 0.25) is 0 Å². The fourth-order valence-corrected chi connectivity index (χ4v) is 3.82. The smallest absolute Gasteiger partial charge is 0.0897 e. The molecule has 5 heteroatoms. The Hall–Kier alpha value is -1.30. The van der Waals surface area contributed by atoms with Crippen LogP contribution in [0.1, 0.15) is 40.2 Å². The quantitative estimate of drug-likeness (QED) is 0.815. The molecular weight excluding hydrogens is 306 g/mol. The third-order valence-electron chi connectivity index (χ3n) is 4.67. The molecule has 1 aliphatic heterocycles. The summed E-state index contributed by atoms with van der Waals surface area (Å²) in [5.41, 5.74) is 5.29. The first-order chi connectivity index (χ1) is 11.3. The topological polar surface area (TPSA) is 38.2 Å². The van der Waals surface area contributed by atoms with E-state index in [0.29, 0.717) is 0 Å². The highest BCUT2D eigenvalue weighted by atomic mass is 32.1. The van der Waals surface area contributed by atoms with E-state index < -0.39 is 0 Å². The monoisotopic (exact) mass is 329 g/mol. The molecule has 23 heavy (non-hydrogen) atoms. The second-order valence-electron chi connectivity index (χ2n) is 6.71. The average Bonchev–Trinajstić information content (AvgIpc) is 3.29. The SMILES string of the molecule is Cc1nc(CN2CCc3c(COCC4CC4)cncc3C2)cs1. The van der Waals surface area contributed by atoms with Crippen LogP contribution in [0.5, 0.6) is 0 Å². The summed E-state index contributed by atoms with van der Waals surface area (Å²) in [7, 11) is 0. The molecule has 0 saturated heterocycles. The molecule has 4 rings (SSSR count). The summed E-state index contributed by atoms with van der Waals surface area (Å²) >= 11 is 1.73. The summed E-state index contributed by atoms with van der Waals surface area (Å²) in [5.74, 6) is 0.819. The van der Waals surface area contributed by atoms with Crippen LogP contribution in [0.4, 0.5) is 0 Å². The average molecular weight is 329 g/mol. The number of nitrogens with zero attached hydrogens (tertiary/aromatic N) is 3. The lowest BCUT2D eigenvalue weighted by Gasteiger charge is -2.29. The van der Waals surface area contributed by atoms with Crippen molar-refractivity contribution in [3.63, 3.8) is 0 Å². The van der Waals surface area contributed by atoms with Crippen molar-refractivity contribution in [1.82, 2.24) is 14.9 Å². The van der Waals surface area contributed by atoms with Gasteiger partial charge in [-0.05, 0) is 48.8 Å². The summed E-state index contributed by atoms with van der Waals surface area (Å²) in [5, 5.41) is 3.32. The molecular formula is C18H23N3OS. The normalized spacial score (nSPS) is 18.1. The molecule has 0 bridgehead atoms. The largest absolute Gasteiger partial charge is 0.376 e. The molecule has 0 unspecified atom stereocenters. The molecule has 0 spiro atoms. The van der Waals surface area contributed by atoms with E-state index in [2.05, 4.69) is 27.2 Å². The number of fused-ring (bicyclic) bond motifs is 1. The Morgan fingerprint density at radius 3 is 3.04 bits per heavy atom. The summed E-state index contributed by atoms with van der Waals surface area (Å²) in [6.45, 7) is 6.69. The Balaban J connectivity index is 1.40. The number of aromatic nitrogens is 2. The summed E-state index contributed by atoms with van der Waals surface area (Å²) in [4.78, 5) is 11.5. The van der Waals surface area contributed by atoms with Gasteiger partial charge < -0.3 is 4.74 Å². The number of thiazole rings is 1. The molecule has 3 heterocycles. The number of pyridine rings is 1. The predicted molar refractivity (Wildman–Crippen MR) is 91.3 cm³/mol. The molecule has 122 valence electrons. The molecule has 2 aromatic rings. The number of hydrogen-bond acceptors (Lipinski definition) is 5. The highest BCUT2D eigenvalue weighted by Crippen LogP contribution is 2.29. The Kier molecular flexibility index (Phi) is 4.42. The molecule has 0 N–H and O–H groups in total. The molecule has 0 aromatic carbocycles. The second kappa shape index (κ2) is 6.67. The van der Waals surface area contributed by atoms with Crippen LogP contribution >= 0.6 is 11.3 Å². The lowest BCUT2D eigenvalue weighted by Crippen LogP contribution is -2.31. The van der Waals surface area contributed by atoms with Crippen molar-refractivity contribution in [3.8, 4) is 0 Å². The van der Waals surface area contributed by atoms with Crippen LogP contribution < -0.4 is 0 Å². The molecule has 0 radical (unpaired) electrons. The molecule has 1 fully saturated rings. The number of hydrogen-bond donors (Lipinski definition) is 0. The molecule has 2 aromatic heterocycles. The first-order valence-corrected chi connectivity index (χ1v) is 9.31. The number of rotatable bonds is 6. The highest BCUT2D eigenvalue weighted by molar-refractivity contribution is 7.09. The third kappa shape index (κ3) is 3.79. The van der Waals surface area contributed by atoms with Gasteiger partial charge in [-0.2, -0.15) is 0 Å². The van der Waals surface area contributed by atoms with Gasteiger partial charge in [-0.1, -0.05) is 0 Å². The van der Waals surface area contributed by atoms with Crippen molar-refractivity contribution >= 4 is 11.3 Å².